The molecule has 0 fully saturated rings. The molecule has 0 spiro atoms. The fourth-order valence-corrected chi connectivity index (χ4v) is 0.959. The van der Waals surface area contributed by atoms with Crippen LogP contribution in [0.15, 0.2) is 6.07 Å². The quantitative estimate of drug-likeness (QED) is 0.595. The number of aryl methyl sites for hydroxylation is 2. The zero-order chi connectivity index (χ0) is 9.84. The summed E-state index contributed by atoms with van der Waals surface area (Å²) >= 11 is 0. The molecule has 0 amide bonds. The predicted octanol–water partition coefficient (Wildman–Crippen LogP) is 0.826. The highest BCUT2D eigenvalue weighted by molar-refractivity contribution is 5.29. The van der Waals surface area contributed by atoms with Gasteiger partial charge in [-0.1, -0.05) is 5.92 Å². The van der Waals surface area contributed by atoms with Crippen LogP contribution in [0.2, 0.25) is 0 Å². The molecule has 13 heavy (non-hydrogen) atoms. The van der Waals surface area contributed by atoms with E-state index < -0.39 is 6.10 Å². The van der Waals surface area contributed by atoms with Crippen LogP contribution in [0.4, 0.5) is 0 Å². The van der Waals surface area contributed by atoms with Crippen LogP contribution >= 0.6 is 0 Å². The number of nitrogens with zero attached hydrogens (tertiary/aromatic N) is 2. The molecule has 0 unspecified atom stereocenters. The van der Waals surface area contributed by atoms with E-state index in [4.69, 9.17) is 5.11 Å². The van der Waals surface area contributed by atoms with E-state index in [0.717, 1.165) is 5.69 Å². The first kappa shape index (κ1) is 9.69. The Morgan fingerprint density at radius 3 is 2.62 bits per heavy atom. The van der Waals surface area contributed by atoms with E-state index >= 15 is 0 Å². The zero-order valence-corrected chi connectivity index (χ0v) is 8.00. The Bertz CT molecular complexity index is 341. The fraction of sp³-hybridized carbons (Fsp3) is 0.400. The molecule has 1 N–H and O–H groups in total. The first-order valence-corrected chi connectivity index (χ1v) is 4.10. The molecule has 0 bridgehead atoms. The van der Waals surface area contributed by atoms with Gasteiger partial charge in [-0.3, -0.25) is 0 Å². The molecule has 3 nitrogen and oxygen atoms in total. The number of aliphatic hydroxyl groups excluding tert-OH is 1. The summed E-state index contributed by atoms with van der Waals surface area (Å²) < 4.78 is 0. The molecular weight excluding hydrogens is 164 g/mol. The molecular formula is C10H12N2O. The van der Waals surface area contributed by atoms with Gasteiger partial charge in [-0.15, -0.1) is 0 Å². The van der Waals surface area contributed by atoms with Crippen LogP contribution in [0.5, 0.6) is 0 Å². The van der Waals surface area contributed by atoms with Crippen molar-refractivity contribution in [2.75, 3.05) is 0 Å². The molecule has 1 rings (SSSR count). The Balaban J connectivity index is 2.98. The molecule has 1 aromatic rings. The highest BCUT2D eigenvalue weighted by Gasteiger charge is 1.94. The van der Waals surface area contributed by atoms with Crippen molar-refractivity contribution in [1.82, 2.24) is 9.97 Å². The summed E-state index contributed by atoms with van der Waals surface area (Å²) in [7, 11) is 0. The number of hydrogen-bond donors (Lipinski definition) is 1. The van der Waals surface area contributed by atoms with Gasteiger partial charge < -0.3 is 5.11 Å². The lowest BCUT2D eigenvalue weighted by atomic mass is 10.3. The normalized spacial score (nSPS) is 11.7. The third-order valence-electron chi connectivity index (χ3n) is 1.38. The second kappa shape index (κ2) is 4.01. The lowest BCUT2D eigenvalue weighted by Crippen LogP contribution is -1.96. The monoisotopic (exact) mass is 176 g/mol. The van der Waals surface area contributed by atoms with Crippen LogP contribution in [-0.2, 0) is 0 Å². The number of rotatable bonds is 0. The molecule has 0 aliphatic carbocycles. The number of aromatic nitrogens is 2. The van der Waals surface area contributed by atoms with Gasteiger partial charge in [-0.05, 0) is 32.8 Å². The third-order valence-corrected chi connectivity index (χ3v) is 1.38. The van der Waals surface area contributed by atoms with Crippen LogP contribution < -0.4 is 0 Å². The van der Waals surface area contributed by atoms with Crippen molar-refractivity contribution in [3.8, 4) is 11.8 Å². The standard InChI is InChI=1S/C10H12N2O/c1-7-6-10(5-4-8(2)13)12-9(3)11-7/h6,8,13H,1-3H3/t8-/m1/s1. The zero-order valence-electron chi connectivity index (χ0n) is 8.00. The van der Waals surface area contributed by atoms with Crippen LogP contribution in [-0.4, -0.2) is 21.2 Å². The maximum atomic E-state index is 8.94. The summed E-state index contributed by atoms with van der Waals surface area (Å²) in [6, 6.07) is 1.79. The van der Waals surface area contributed by atoms with Crippen molar-refractivity contribution in [2.24, 2.45) is 0 Å². The minimum atomic E-state index is -0.615. The average Bonchev–Trinajstić information content (AvgIpc) is 1.99. The molecule has 0 aliphatic rings. The van der Waals surface area contributed by atoms with E-state index in [2.05, 4.69) is 21.8 Å². The predicted molar refractivity (Wildman–Crippen MR) is 50.1 cm³/mol. The van der Waals surface area contributed by atoms with Gasteiger partial charge in [0.05, 0.1) is 0 Å². The van der Waals surface area contributed by atoms with Crippen LogP contribution in [0.1, 0.15) is 24.1 Å². The minimum Gasteiger partial charge on any atom is -0.381 e. The van der Waals surface area contributed by atoms with Crippen molar-refractivity contribution < 1.29 is 5.11 Å². The van der Waals surface area contributed by atoms with E-state index in [-0.39, 0.29) is 0 Å². The van der Waals surface area contributed by atoms with Crippen LogP contribution in [0.3, 0.4) is 0 Å². The molecule has 0 aliphatic heterocycles. The second-order valence-electron chi connectivity index (χ2n) is 2.89. The first-order valence-electron chi connectivity index (χ1n) is 4.10. The van der Waals surface area contributed by atoms with E-state index in [0.29, 0.717) is 11.5 Å². The Hall–Kier alpha value is -1.40. The van der Waals surface area contributed by atoms with Crippen molar-refractivity contribution in [3.63, 3.8) is 0 Å². The third kappa shape index (κ3) is 3.22. The van der Waals surface area contributed by atoms with E-state index in [1.54, 1.807) is 13.0 Å². The topological polar surface area (TPSA) is 46.0 Å². The lowest BCUT2D eigenvalue weighted by Gasteiger charge is -1.96. The fourth-order valence-electron chi connectivity index (χ4n) is 0.959. The van der Waals surface area contributed by atoms with Gasteiger partial charge in [0.2, 0.25) is 0 Å². The SMILES string of the molecule is Cc1cc(C#C[C@@H](C)O)nc(C)n1. The average molecular weight is 176 g/mol. The maximum absolute atomic E-state index is 8.94. The highest BCUT2D eigenvalue weighted by atomic mass is 16.3. The lowest BCUT2D eigenvalue weighted by molar-refractivity contribution is 0.253. The van der Waals surface area contributed by atoms with Gasteiger partial charge >= 0.3 is 0 Å². The van der Waals surface area contributed by atoms with Crippen molar-refractivity contribution in [2.45, 2.75) is 26.9 Å². The smallest absolute Gasteiger partial charge is 0.126 e. The molecule has 1 heterocycles. The molecule has 3 heteroatoms. The first-order chi connectivity index (χ1) is 6.08. The number of hydrogen-bond acceptors (Lipinski definition) is 3. The summed E-state index contributed by atoms with van der Waals surface area (Å²) in [5, 5.41) is 8.94. The highest BCUT2D eigenvalue weighted by Crippen LogP contribution is 1.97. The van der Waals surface area contributed by atoms with E-state index in [9.17, 15) is 0 Å². The Labute approximate surface area is 77.9 Å². The van der Waals surface area contributed by atoms with Crippen molar-refractivity contribution >= 4 is 0 Å². The molecule has 0 saturated carbocycles. The van der Waals surface area contributed by atoms with Crippen molar-refractivity contribution in [3.05, 3.63) is 23.3 Å². The van der Waals surface area contributed by atoms with Crippen molar-refractivity contribution in [1.29, 1.82) is 0 Å². The Kier molecular flexibility index (Phi) is 2.99. The second-order valence-corrected chi connectivity index (χ2v) is 2.89. The van der Waals surface area contributed by atoms with Gasteiger partial charge in [0.1, 0.15) is 17.6 Å². The summed E-state index contributed by atoms with van der Waals surface area (Å²) in [5.74, 6) is 6.11. The summed E-state index contributed by atoms with van der Waals surface area (Å²) in [6.45, 7) is 5.33. The molecule has 0 saturated heterocycles. The minimum absolute atomic E-state index is 0.615. The Morgan fingerprint density at radius 1 is 1.38 bits per heavy atom. The maximum Gasteiger partial charge on any atom is 0.126 e. The van der Waals surface area contributed by atoms with Crippen LogP contribution in [0.25, 0.3) is 0 Å². The van der Waals surface area contributed by atoms with Gasteiger partial charge in [0.15, 0.2) is 0 Å². The summed E-state index contributed by atoms with van der Waals surface area (Å²) in [5.41, 5.74) is 1.55. The van der Waals surface area contributed by atoms with E-state index in [1.807, 2.05) is 13.8 Å². The van der Waals surface area contributed by atoms with Crippen LogP contribution in [0, 0.1) is 25.7 Å². The van der Waals surface area contributed by atoms with Gasteiger partial charge in [0.25, 0.3) is 0 Å². The molecule has 68 valence electrons. The summed E-state index contributed by atoms with van der Waals surface area (Å²) in [6.07, 6.45) is -0.615. The Morgan fingerprint density at radius 2 is 2.08 bits per heavy atom. The van der Waals surface area contributed by atoms with Gasteiger partial charge in [-0.25, -0.2) is 9.97 Å². The molecule has 0 aromatic carbocycles. The molecule has 1 atom stereocenters. The molecule has 1 aromatic heterocycles. The molecule has 0 radical (unpaired) electrons. The summed E-state index contributed by atoms with van der Waals surface area (Å²) in [4.78, 5) is 8.23. The van der Waals surface area contributed by atoms with Gasteiger partial charge in [-0.2, -0.15) is 0 Å². The van der Waals surface area contributed by atoms with E-state index in [1.165, 1.54) is 0 Å². The van der Waals surface area contributed by atoms with Gasteiger partial charge in [0, 0.05) is 5.69 Å². The largest absolute Gasteiger partial charge is 0.381 e. The number of aliphatic hydroxyl groups is 1.